The second kappa shape index (κ2) is 2.88. The Morgan fingerprint density at radius 3 is 2.50 bits per heavy atom. The molecule has 0 saturated carbocycles. The van der Waals surface area contributed by atoms with Crippen molar-refractivity contribution in [3.63, 3.8) is 0 Å². The summed E-state index contributed by atoms with van der Waals surface area (Å²) in [5.74, 6) is 0.201. The molecule has 0 bridgehead atoms. The topological polar surface area (TPSA) is 72.0 Å². The van der Waals surface area contributed by atoms with Crippen molar-refractivity contribution in [2.24, 2.45) is 0 Å². The van der Waals surface area contributed by atoms with E-state index in [1.165, 1.54) is 6.07 Å². The zero-order valence-electron chi connectivity index (χ0n) is 6.87. The molecular weight excluding hydrogens is 178 g/mol. The lowest BCUT2D eigenvalue weighted by Crippen LogP contribution is -2.18. The van der Waals surface area contributed by atoms with Gasteiger partial charge >= 0.3 is 0 Å². The summed E-state index contributed by atoms with van der Waals surface area (Å²) < 4.78 is 0. The van der Waals surface area contributed by atoms with Crippen LogP contribution in [0.3, 0.4) is 0 Å². The van der Waals surface area contributed by atoms with Gasteiger partial charge in [0.05, 0.1) is 5.60 Å². The van der Waals surface area contributed by atoms with Crippen LogP contribution in [0.1, 0.15) is 19.4 Å². The minimum Gasteiger partial charge on any atom is -0.386 e. The number of nitrogen functional groups attached to an aromatic ring is 1. The molecule has 12 heavy (non-hydrogen) atoms. The molecule has 0 aliphatic carbocycles. The molecule has 1 aromatic heterocycles. The molecule has 0 aliphatic rings. The van der Waals surface area contributed by atoms with Gasteiger partial charge in [-0.1, -0.05) is 11.6 Å². The molecule has 0 aromatic carbocycles. The van der Waals surface area contributed by atoms with Crippen molar-refractivity contribution in [1.29, 1.82) is 0 Å². The summed E-state index contributed by atoms with van der Waals surface area (Å²) in [6.07, 6.45) is 0. The molecule has 0 aliphatic heterocycles. The summed E-state index contributed by atoms with van der Waals surface area (Å²) in [7, 11) is 0. The second-order valence-electron chi connectivity index (χ2n) is 3.02. The maximum Gasteiger partial charge on any atom is 0.152 e. The summed E-state index contributed by atoms with van der Waals surface area (Å²) in [6.45, 7) is 3.22. The van der Waals surface area contributed by atoms with Crippen molar-refractivity contribution >= 4 is 17.4 Å². The van der Waals surface area contributed by atoms with Gasteiger partial charge in [0.15, 0.2) is 11.0 Å². The van der Waals surface area contributed by atoms with Gasteiger partial charge in [0.2, 0.25) is 0 Å². The third-order valence-corrected chi connectivity index (χ3v) is 1.64. The Morgan fingerprint density at radius 1 is 1.50 bits per heavy atom. The van der Waals surface area contributed by atoms with Crippen LogP contribution in [0, 0.1) is 0 Å². The van der Waals surface area contributed by atoms with Gasteiger partial charge in [-0.25, -0.2) is 0 Å². The van der Waals surface area contributed by atoms with Crippen LogP contribution in [0.15, 0.2) is 6.07 Å². The predicted octanol–water partition coefficient (Wildman–Crippen LogP) is 0.940. The van der Waals surface area contributed by atoms with Crippen LogP contribution < -0.4 is 5.73 Å². The number of rotatable bonds is 1. The second-order valence-corrected chi connectivity index (χ2v) is 3.41. The maximum atomic E-state index is 9.59. The zero-order valence-corrected chi connectivity index (χ0v) is 7.63. The molecular formula is C7H10ClN3O. The fraction of sp³-hybridized carbons (Fsp3) is 0.429. The van der Waals surface area contributed by atoms with Crippen molar-refractivity contribution in [1.82, 2.24) is 10.2 Å². The number of halogens is 1. The van der Waals surface area contributed by atoms with Crippen molar-refractivity contribution in [2.45, 2.75) is 19.4 Å². The van der Waals surface area contributed by atoms with E-state index in [0.717, 1.165) is 0 Å². The first-order valence-electron chi connectivity index (χ1n) is 3.43. The monoisotopic (exact) mass is 187 g/mol. The Kier molecular flexibility index (Phi) is 2.21. The molecule has 1 heterocycles. The number of anilines is 1. The molecule has 5 heteroatoms. The van der Waals surface area contributed by atoms with E-state index in [1.54, 1.807) is 13.8 Å². The SMILES string of the molecule is CC(C)(O)c1cc(Cl)nnc1N. The third-order valence-electron chi connectivity index (χ3n) is 1.45. The van der Waals surface area contributed by atoms with Crippen molar-refractivity contribution in [3.05, 3.63) is 16.8 Å². The lowest BCUT2D eigenvalue weighted by Gasteiger charge is -2.18. The zero-order chi connectivity index (χ0) is 9.35. The smallest absolute Gasteiger partial charge is 0.152 e. The number of aromatic nitrogens is 2. The predicted molar refractivity (Wildman–Crippen MR) is 46.7 cm³/mol. The average Bonchev–Trinajstić information content (AvgIpc) is 1.92. The molecule has 0 fully saturated rings. The molecule has 0 radical (unpaired) electrons. The lowest BCUT2D eigenvalue weighted by atomic mass is 10.0. The van der Waals surface area contributed by atoms with Gasteiger partial charge in [0, 0.05) is 5.56 Å². The molecule has 0 atom stereocenters. The number of hydrogen-bond donors (Lipinski definition) is 2. The normalized spacial score (nSPS) is 11.7. The van der Waals surface area contributed by atoms with Crippen LogP contribution in [0.5, 0.6) is 0 Å². The van der Waals surface area contributed by atoms with E-state index in [9.17, 15) is 5.11 Å². The molecule has 0 spiro atoms. The van der Waals surface area contributed by atoms with Gasteiger partial charge in [-0.05, 0) is 19.9 Å². The summed E-state index contributed by atoms with van der Waals surface area (Å²) >= 11 is 5.58. The average molecular weight is 188 g/mol. The minimum atomic E-state index is -1.04. The van der Waals surface area contributed by atoms with Crippen molar-refractivity contribution in [2.75, 3.05) is 5.73 Å². The van der Waals surface area contributed by atoms with E-state index in [4.69, 9.17) is 17.3 Å². The van der Waals surface area contributed by atoms with E-state index >= 15 is 0 Å². The van der Waals surface area contributed by atoms with Gasteiger partial charge in [-0.3, -0.25) is 0 Å². The van der Waals surface area contributed by atoms with E-state index in [0.29, 0.717) is 5.56 Å². The fourth-order valence-electron chi connectivity index (χ4n) is 0.867. The first-order chi connectivity index (χ1) is 5.41. The van der Waals surface area contributed by atoms with Crippen LogP contribution in [0.2, 0.25) is 5.15 Å². The third kappa shape index (κ3) is 1.84. The molecule has 0 saturated heterocycles. The first kappa shape index (κ1) is 9.22. The van der Waals surface area contributed by atoms with E-state index in [2.05, 4.69) is 10.2 Å². The fourth-order valence-corrected chi connectivity index (χ4v) is 1.01. The van der Waals surface area contributed by atoms with Gasteiger partial charge in [0.25, 0.3) is 0 Å². The quantitative estimate of drug-likeness (QED) is 0.687. The highest BCUT2D eigenvalue weighted by atomic mass is 35.5. The highest BCUT2D eigenvalue weighted by Gasteiger charge is 2.20. The Bertz CT molecular complexity index is 295. The van der Waals surface area contributed by atoms with Crippen molar-refractivity contribution < 1.29 is 5.11 Å². The molecule has 0 unspecified atom stereocenters. The van der Waals surface area contributed by atoms with Crippen LogP contribution in [-0.2, 0) is 5.60 Å². The van der Waals surface area contributed by atoms with Crippen LogP contribution in [0.4, 0.5) is 5.82 Å². The maximum absolute atomic E-state index is 9.59. The Balaban J connectivity index is 3.23. The Morgan fingerprint density at radius 2 is 2.08 bits per heavy atom. The minimum absolute atomic E-state index is 0.201. The largest absolute Gasteiger partial charge is 0.386 e. The van der Waals surface area contributed by atoms with Gasteiger partial charge in [0.1, 0.15) is 0 Å². The highest BCUT2D eigenvalue weighted by molar-refractivity contribution is 6.29. The summed E-state index contributed by atoms with van der Waals surface area (Å²) in [6, 6.07) is 1.50. The molecule has 4 nitrogen and oxygen atoms in total. The van der Waals surface area contributed by atoms with Gasteiger partial charge < -0.3 is 10.8 Å². The highest BCUT2D eigenvalue weighted by Crippen LogP contribution is 2.25. The summed E-state index contributed by atoms with van der Waals surface area (Å²) in [5.41, 5.74) is 4.93. The van der Waals surface area contributed by atoms with Crippen LogP contribution in [-0.4, -0.2) is 15.3 Å². The Hall–Kier alpha value is -0.870. The summed E-state index contributed by atoms with van der Waals surface area (Å²) in [4.78, 5) is 0. The number of nitrogens with zero attached hydrogens (tertiary/aromatic N) is 2. The lowest BCUT2D eigenvalue weighted by molar-refractivity contribution is 0.0789. The molecule has 3 N–H and O–H groups in total. The Labute approximate surface area is 75.4 Å². The van der Waals surface area contributed by atoms with E-state index in [-0.39, 0.29) is 11.0 Å². The van der Waals surface area contributed by atoms with Crippen LogP contribution >= 0.6 is 11.6 Å². The van der Waals surface area contributed by atoms with Crippen molar-refractivity contribution in [3.8, 4) is 0 Å². The molecule has 0 amide bonds. The van der Waals surface area contributed by atoms with Gasteiger partial charge in [-0.15, -0.1) is 10.2 Å². The van der Waals surface area contributed by atoms with E-state index < -0.39 is 5.60 Å². The number of nitrogens with two attached hydrogens (primary N) is 1. The standard InChI is InChI=1S/C7H10ClN3O/c1-7(2,12)4-3-5(8)10-11-6(4)9/h3,12H,1-2H3,(H2,9,11). The first-order valence-corrected chi connectivity index (χ1v) is 3.80. The van der Waals surface area contributed by atoms with Crippen LogP contribution in [0.25, 0.3) is 0 Å². The molecule has 66 valence electrons. The van der Waals surface area contributed by atoms with E-state index in [1.807, 2.05) is 0 Å². The van der Waals surface area contributed by atoms with Gasteiger partial charge in [-0.2, -0.15) is 0 Å². The number of aliphatic hydroxyl groups is 1. The number of hydrogen-bond acceptors (Lipinski definition) is 4. The molecule has 1 aromatic rings. The molecule has 1 rings (SSSR count). The summed E-state index contributed by atoms with van der Waals surface area (Å²) in [5, 5.41) is 16.9.